The highest BCUT2D eigenvalue weighted by atomic mass is 32.2. The number of phenols is 2. The summed E-state index contributed by atoms with van der Waals surface area (Å²) in [6.45, 7) is 0. The van der Waals surface area contributed by atoms with Gasteiger partial charge < -0.3 is 21.1 Å². The van der Waals surface area contributed by atoms with Crippen LogP contribution in [-0.4, -0.2) is 77.4 Å². The van der Waals surface area contributed by atoms with E-state index < -0.39 is 139 Å². The largest absolute Gasteiger partial charge is 0.505 e. The van der Waals surface area contributed by atoms with Gasteiger partial charge in [-0.15, -0.1) is 24.8 Å². The lowest BCUT2D eigenvalue weighted by Gasteiger charge is -2.15. The highest BCUT2D eigenvalue weighted by Gasteiger charge is 2.29. The van der Waals surface area contributed by atoms with Crippen LogP contribution in [0.5, 0.6) is 11.5 Å². The number of nitrogens with zero attached hydrogens (tertiary/aromatic N) is 7. The van der Waals surface area contributed by atoms with Crippen LogP contribution in [0.25, 0.3) is 21.5 Å². The van der Waals surface area contributed by atoms with Crippen molar-refractivity contribution >= 4 is 110 Å². The minimum Gasteiger partial charge on any atom is -0.505 e. The first-order valence-corrected chi connectivity index (χ1v) is 19.7. The number of nitro groups is 1. The van der Waals surface area contributed by atoms with Crippen LogP contribution >= 0.6 is 12.0 Å². The van der Waals surface area contributed by atoms with Crippen LogP contribution in [0.2, 0.25) is 0 Å². The molecule has 58 heavy (non-hydrogen) atoms. The zero-order valence-electron chi connectivity index (χ0n) is 28.1. The maximum absolute atomic E-state index is 12.7. The summed E-state index contributed by atoms with van der Waals surface area (Å²) in [6, 6.07) is 6.11. The molecule has 304 valence electrons. The van der Waals surface area contributed by atoms with Gasteiger partial charge in [0.05, 0.1) is 38.5 Å². The molecule has 30 heteroatoms. The van der Waals surface area contributed by atoms with E-state index in [1.165, 1.54) is 0 Å². The molecule has 0 saturated carbocycles. The number of carboxylic acids is 1. The van der Waals surface area contributed by atoms with Crippen molar-refractivity contribution in [3.05, 3.63) is 64.2 Å². The van der Waals surface area contributed by atoms with Gasteiger partial charge in [-0.1, -0.05) is 5.04 Å². The first-order valence-electron chi connectivity index (χ1n) is 14.7. The van der Waals surface area contributed by atoms with E-state index >= 15 is 0 Å². The van der Waals surface area contributed by atoms with Gasteiger partial charge in [0.2, 0.25) is 0 Å². The van der Waals surface area contributed by atoms with E-state index in [0.717, 1.165) is 37.4 Å². The molecular formula is C28H20N8O18S4. The molecule has 5 aromatic rings. The summed E-state index contributed by atoms with van der Waals surface area (Å²) in [7, 11) is -15.0. The Bertz CT molecular complexity index is 3030. The molecule has 0 aliphatic heterocycles. The molecule has 0 unspecified atom stereocenters. The highest BCUT2D eigenvalue weighted by Crippen LogP contribution is 2.50. The highest BCUT2D eigenvalue weighted by molar-refractivity contribution is 7.94. The van der Waals surface area contributed by atoms with E-state index in [0.29, 0.717) is 18.2 Å². The third kappa shape index (κ3) is 8.35. The SMILES string of the molecule is CN=Nc1c(S(=O)(=O)O)cc2c(S(=O)(=O)O)c(N=Nc3cc(S(=O)(=O)O)c4cc(SOOO)c(N=Nc5cc([N+](=O)[O-])ccc5C(=O)O)c(O)c4c3N)ccc2c1O. The van der Waals surface area contributed by atoms with Gasteiger partial charge in [0.25, 0.3) is 36.0 Å². The Kier molecular flexibility index (Phi) is 11.7. The third-order valence-electron chi connectivity index (χ3n) is 7.60. The molecule has 0 aliphatic carbocycles. The van der Waals surface area contributed by atoms with Gasteiger partial charge in [0.15, 0.2) is 11.5 Å². The topological polar surface area (TPSA) is 423 Å². The zero-order chi connectivity index (χ0) is 43.1. The molecule has 0 fully saturated rings. The van der Waals surface area contributed by atoms with E-state index in [1.807, 2.05) is 0 Å². The van der Waals surface area contributed by atoms with Crippen molar-refractivity contribution in [3.63, 3.8) is 0 Å². The first kappa shape index (κ1) is 42.8. The number of hydrogen-bond acceptors (Lipinski definition) is 22. The number of benzene rings is 5. The standard InChI is InChI=1S/C28H20N8O18S4/c1-30-34-24-20(57(47,48)49)8-13-11(25(24)37)4-5-15(27(13)58(50,51)52)31-33-17-9-19(56(44,45)46)14-7-18(55-54-53-43)23(26(38)21(14)22(17)29)35-32-16-6-10(36(41)42)2-3-12(16)28(39)40/h2-9,37-38,43H,29H2,1H3,(H,39,40)(H,44,45,46)(H,47,48,49)(H,50,51,52). The van der Waals surface area contributed by atoms with Crippen LogP contribution < -0.4 is 5.73 Å². The lowest BCUT2D eigenvalue weighted by atomic mass is 10.0. The summed E-state index contributed by atoms with van der Waals surface area (Å²) in [5.41, 5.74) is 0.544. The quantitative estimate of drug-likeness (QED) is 0.0122. The second-order valence-corrected chi connectivity index (χ2v) is 15.9. The van der Waals surface area contributed by atoms with Crippen LogP contribution in [0.15, 0.2) is 98.8 Å². The average Bonchev–Trinajstić information content (AvgIpc) is 3.12. The van der Waals surface area contributed by atoms with E-state index in [1.54, 1.807) is 0 Å². The number of hydrogen-bond donors (Lipinski definition) is 8. The lowest BCUT2D eigenvalue weighted by molar-refractivity contribution is -0.432. The van der Waals surface area contributed by atoms with E-state index in [2.05, 4.69) is 40.1 Å². The number of nitrogens with two attached hydrogens (primary N) is 1. The number of azo groups is 3. The van der Waals surface area contributed by atoms with Gasteiger partial charge in [0, 0.05) is 35.3 Å². The van der Waals surface area contributed by atoms with Gasteiger partial charge in [-0.05, 0) is 36.4 Å². The Balaban J connectivity index is 1.82. The minimum atomic E-state index is -5.46. The third-order valence-corrected chi connectivity index (χ3v) is 10.9. The molecule has 5 aromatic carbocycles. The molecule has 9 N–H and O–H groups in total. The van der Waals surface area contributed by atoms with Crippen molar-refractivity contribution in [2.75, 3.05) is 12.8 Å². The molecule has 0 atom stereocenters. The number of nitrogen functional groups attached to an aromatic ring is 1. The van der Waals surface area contributed by atoms with E-state index in [4.69, 9.17) is 11.0 Å². The Labute approximate surface area is 326 Å². The molecule has 0 spiro atoms. The second kappa shape index (κ2) is 15.9. The second-order valence-electron chi connectivity index (χ2n) is 11.0. The van der Waals surface area contributed by atoms with Crippen molar-refractivity contribution in [2.24, 2.45) is 30.7 Å². The molecule has 5 rings (SSSR count). The predicted molar refractivity (Wildman–Crippen MR) is 195 cm³/mol. The maximum atomic E-state index is 12.7. The zero-order valence-corrected chi connectivity index (χ0v) is 31.3. The van der Waals surface area contributed by atoms with Gasteiger partial charge in [-0.2, -0.15) is 35.5 Å². The molecule has 0 heterocycles. The average molecular weight is 885 g/mol. The number of nitro benzene ring substituents is 1. The summed E-state index contributed by atoms with van der Waals surface area (Å²) in [5.74, 6) is -3.74. The van der Waals surface area contributed by atoms with Crippen molar-refractivity contribution in [1.82, 2.24) is 0 Å². The summed E-state index contributed by atoms with van der Waals surface area (Å²) in [4.78, 5) is 18.3. The van der Waals surface area contributed by atoms with Crippen molar-refractivity contribution in [3.8, 4) is 11.5 Å². The van der Waals surface area contributed by atoms with Gasteiger partial charge >= 0.3 is 5.97 Å². The van der Waals surface area contributed by atoms with Crippen LogP contribution in [0.3, 0.4) is 0 Å². The monoisotopic (exact) mass is 884 g/mol. The summed E-state index contributed by atoms with van der Waals surface area (Å²) in [5, 5.41) is 74.5. The van der Waals surface area contributed by atoms with Crippen molar-refractivity contribution < 1.29 is 78.6 Å². The van der Waals surface area contributed by atoms with Gasteiger partial charge in [-0.25, -0.2) is 10.1 Å². The number of anilines is 1. The summed E-state index contributed by atoms with van der Waals surface area (Å²) < 4.78 is 109. The van der Waals surface area contributed by atoms with Crippen LogP contribution in [0.1, 0.15) is 10.4 Å². The Hall–Kier alpha value is -6.35. The minimum absolute atomic E-state index is 0.0458. The molecule has 0 radical (unpaired) electrons. The van der Waals surface area contributed by atoms with E-state index in [9.17, 15) is 69.1 Å². The number of aromatic hydroxyl groups is 2. The Morgan fingerprint density at radius 3 is 1.97 bits per heavy atom. The number of carbonyl (C=O) groups is 1. The van der Waals surface area contributed by atoms with Crippen LogP contribution in [-0.2, 0) is 39.7 Å². The van der Waals surface area contributed by atoms with Crippen LogP contribution in [0.4, 0.5) is 39.8 Å². The maximum Gasteiger partial charge on any atom is 0.337 e. The Morgan fingerprint density at radius 2 is 1.40 bits per heavy atom. The van der Waals surface area contributed by atoms with Gasteiger partial charge in [0.1, 0.15) is 43.1 Å². The fraction of sp³-hybridized carbons (Fsp3) is 0.0357. The number of carboxylic acid groups (broad SMARTS) is 1. The number of rotatable bonds is 13. The van der Waals surface area contributed by atoms with Gasteiger partial charge in [-0.3, -0.25) is 23.8 Å². The predicted octanol–water partition coefficient (Wildman–Crippen LogP) is 6.31. The summed E-state index contributed by atoms with van der Waals surface area (Å²) >= 11 is 0.0458. The number of fused-ring (bicyclic) bond motifs is 2. The number of non-ortho nitro benzene ring substituents is 1. The van der Waals surface area contributed by atoms with Crippen molar-refractivity contribution in [2.45, 2.75) is 19.6 Å². The molecular weight excluding hydrogens is 865 g/mol. The first-order chi connectivity index (χ1) is 27.0. The molecule has 0 saturated heterocycles. The number of phenolic OH excluding ortho intramolecular Hbond substituents is 2. The molecule has 0 amide bonds. The molecule has 26 nitrogen and oxygen atoms in total. The molecule has 0 aliphatic rings. The normalized spacial score (nSPS) is 12.8. The number of aromatic carboxylic acids is 1. The van der Waals surface area contributed by atoms with Crippen molar-refractivity contribution in [1.29, 1.82) is 0 Å². The smallest absolute Gasteiger partial charge is 0.337 e. The van der Waals surface area contributed by atoms with E-state index in [-0.39, 0.29) is 12.0 Å². The summed E-state index contributed by atoms with van der Waals surface area (Å²) in [6.07, 6.45) is 0. The fourth-order valence-corrected chi connectivity index (χ4v) is 7.90. The lowest BCUT2D eigenvalue weighted by Crippen LogP contribution is -2.03. The fourth-order valence-electron chi connectivity index (χ4n) is 5.25. The molecule has 0 aromatic heterocycles. The van der Waals surface area contributed by atoms with Crippen LogP contribution in [0, 0.1) is 10.1 Å². The molecule has 0 bridgehead atoms. The Morgan fingerprint density at radius 1 is 0.759 bits per heavy atom.